The Hall–Kier alpha value is -3.51. The predicted octanol–water partition coefficient (Wildman–Crippen LogP) is 4.54. The minimum Gasteiger partial charge on any atom is -0.497 e. The maximum absolute atomic E-state index is 10.7. The Kier molecular flexibility index (Phi) is 5.86. The van der Waals surface area contributed by atoms with E-state index >= 15 is 0 Å². The lowest BCUT2D eigenvalue weighted by atomic mass is 10.2. The summed E-state index contributed by atoms with van der Waals surface area (Å²) in [6, 6.07) is 13.5. The van der Waals surface area contributed by atoms with Gasteiger partial charge in [-0.25, -0.2) is 0 Å². The number of nitro groups is 1. The van der Waals surface area contributed by atoms with Gasteiger partial charge >= 0.3 is 0 Å². The van der Waals surface area contributed by atoms with Crippen molar-refractivity contribution in [2.45, 2.75) is 10.1 Å². The summed E-state index contributed by atoms with van der Waals surface area (Å²) in [6.45, 7) is 0. The zero-order chi connectivity index (χ0) is 20.9. The van der Waals surface area contributed by atoms with Crippen LogP contribution < -0.4 is 10.1 Å². The lowest BCUT2D eigenvalue weighted by Crippen LogP contribution is -1.90. The van der Waals surface area contributed by atoms with Gasteiger partial charge in [0.2, 0.25) is 16.8 Å². The Morgan fingerprint density at radius 3 is 2.83 bits per heavy atom. The molecule has 152 valence electrons. The van der Waals surface area contributed by atoms with Gasteiger partial charge in [0.15, 0.2) is 4.34 Å². The van der Waals surface area contributed by atoms with E-state index in [2.05, 4.69) is 25.7 Å². The molecule has 0 bridgehead atoms. The zero-order valence-corrected chi connectivity index (χ0v) is 17.1. The molecule has 2 heterocycles. The number of hydrogen-bond acceptors (Lipinski definition) is 11. The number of aromatic nitrogens is 4. The molecular formula is C18H14N6O4S2. The first-order chi connectivity index (χ1) is 14.6. The molecule has 30 heavy (non-hydrogen) atoms. The normalized spacial score (nSPS) is 10.7. The van der Waals surface area contributed by atoms with Crippen molar-refractivity contribution in [3.63, 3.8) is 0 Å². The second-order valence-corrected chi connectivity index (χ2v) is 8.03. The third kappa shape index (κ3) is 4.72. The molecule has 0 aliphatic rings. The molecule has 0 saturated heterocycles. The van der Waals surface area contributed by atoms with Crippen molar-refractivity contribution in [1.82, 2.24) is 20.3 Å². The van der Waals surface area contributed by atoms with Crippen LogP contribution in [0.3, 0.4) is 0 Å². The summed E-state index contributed by atoms with van der Waals surface area (Å²) in [4.78, 5) is 14.6. The second kappa shape index (κ2) is 8.88. The lowest BCUT2D eigenvalue weighted by Gasteiger charge is -2.04. The van der Waals surface area contributed by atoms with Crippen LogP contribution in [0.5, 0.6) is 5.75 Å². The van der Waals surface area contributed by atoms with Crippen LogP contribution in [0.2, 0.25) is 0 Å². The molecule has 12 heteroatoms. The minimum absolute atomic E-state index is 0.00709. The van der Waals surface area contributed by atoms with E-state index in [9.17, 15) is 10.1 Å². The largest absolute Gasteiger partial charge is 0.497 e. The smallest absolute Gasteiger partial charge is 0.269 e. The van der Waals surface area contributed by atoms with Gasteiger partial charge in [-0.3, -0.25) is 10.1 Å². The lowest BCUT2D eigenvalue weighted by molar-refractivity contribution is -0.384. The Balaban J connectivity index is 1.36. The molecular weight excluding hydrogens is 428 g/mol. The van der Waals surface area contributed by atoms with Crippen molar-refractivity contribution in [3.05, 3.63) is 64.5 Å². The topological polar surface area (TPSA) is 129 Å². The number of anilines is 2. The summed E-state index contributed by atoms with van der Waals surface area (Å²) in [7, 11) is 1.61. The monoisotopic (exact) mass is 442 g/mol. The van der Waals surface area contributed by atoms with Crippen molar-refractivity contribution in [3.8, 4) is 17.1 Å². The Morgan fingerprint density at radius 1 is 1.23 bits per heavy atom. The average Bonchev–Trinajstić information content (AvgIpc) is 3.42. The van der Waals surface area contributed by atoms with Gasteiger partial charge in [-0.1, -0.05) is 34.3 Å². The molecule has 1 N–H and O–H groups in total. The molecule has 0 atom stereocenters. The van der Waals surface area contributed by atoms with Gasteiger partial charge in [0.25, 0.3) is 5.69 Å². The van der Waals surface area contributed by atoms with Crippen LogP contribution in [0.4, 0.5) is 16.5 Å². The van der Waals surface area contributed by atoms with Crippen LogP contribution in [-0.2, 0) is 5.75 Å². The number of rotatable bonds is 8. The number of methoxy groups -OCH3 is 1. The number of non-ortho nitro benzene ring substituents is 1. The highest BCUT2D eigenvalue weighted by atomic mass is 32.2. The van der Waals surface area contributed by atoms with Gasteiger partial charge in [0.05, 0.1) is 17.8 Å². The van der Waals surface area contributed by atoms with Crippen LogP contribution >= 0.6 is 23.1 Å². The number of nitrogens with one attached hydrogen (secondary N) is 1. The number of nitrogens with zero attached hydrogens (tertiary/aromatic N) is 5. The van der Waals surface area contributed by atoms with Gasteiger partial charge in [0, 0.05) is 29.4 Å². The molecule has 4 rings (SSSR count). The SMILES string of the molecule is COc1cccc(Nc2nnc(SCc3nc(-c4ccc([N+](=O)[O-])cc4)no3)s2)c1. The van der Waals surface area contributed by atoms with Gasteiger partial charge < -0.3 is 14.6 Å². The van der Waals surface area contributed by atoms with Crippen LogP contribution in [0.1, 0.15) is 5.89 Å². The standard InChI is InChI=1S/C18H14N6O4S2/c1-27-14-4-2-3-12(9-14)19-17-21-22-18(30-17)29-10-15-20-16(23-28-15)11-5-7-13(8-6-11)24(25)26/h2-9H,10H2,1H3,(H,19,21). The molecule has 2 aromatic carbocycles. The first-order valence-corrected chi connectivity index (χ1v) is 10.4. The molecule has 0 unspecified atom stereocenters. The van der Waals surface area contributed by atoms with Crippen LogP contribution in [-0.4, -0.2) is 32.4 Å². The minimum atomic E-state index is -0.457. The third-order valence-corrected chi connectivity index (χ3v) is 5.81. The summed E-state index contributed by atoms with van der Waals surface area (Å²) < 4.78 is 11.2. The van der Waals surface area contributed by atoms with Crippen molar-refractivity contribution >= 4 is 39.6 Å². The van der Waals surface area contributed by atoms with E-state index in [0.717, 1.165) is 15.8 Å². The quantitative estimate of drug-likeness (QED) is 0.236. The van der Waals surface area contributed by atoms with E-state index in [1.165, 1.54) is 35.2 Å². The molecule has 0 amide bonds. The Labute approximate surface area is 178 Å². The summed E-state index contributed by atoms with van der Waals surface area (Å²) in [5.74, 6) is 1.97. The van der Waals surface area contributed by atoms with Gasteiger partial charge in [-0.2, -0.15) is 4.98 Å². The van der Waals surface area contributed by atoms with E-state index in [-0.39, 0.29) is 5.69 Å². The van der Waals surface area contributed by atoms with Crippen molar-refractivity contribution in [1.29, 1.82) is 0 Å². The molecule has 0 radical (unpaired) electrons. The summed E-state index contributed by atoms with van der Waals surface area (Å²) in [5.41, 5.74) is 1.50. The van der Waals surface area contributed by atoms with Crippen molar-refractivity contribution in [2.24, 2.45) is 0 Å². The maximum Gasteiger partial charge on any atom is 0.269 e. The van der Waals surface area contributed by atoms with Crippen LogP contribution in [0.25, 0.3) is 11.4 Å². The third-order valence-electron chi connectivity index (χ3n) is 3.85. The van der Waals surface area contributed by atoms with Gasteiger partial charge in [-0.05, 0) is 24.3 Å². The molecule has 4 aromatic rings. The van der Waals surface area contributed by atoms with Crippen LogP contribution in [0.15, 0.2) is 57.4 Å². The number of nitro benzene ring substituents is 1. The Morgan fingerprint density at radius 2 is 2.07 bits per heavy atom. The number of ether oxygens (including phenoxy) is 1. The first kappa shape index (κ1) is 19.8. The van der Waals surface area contributed by atoms with Crippen molar-refractivity contribution < 1.29 is 14.2 Å². The zero-order valence-electron chi connectivity index (χ0n) is 15.5. The molecule has 2 aromatic heterocycles. The van der Waals surface area contributed by atoms with Gasteiger partial charge in [0.1, 0.15) is 5.75 Å². The van der Waals surface area contributed by atoms with E-state index in [0.29, 0.717) is 28.2 Å². The number of thioether (sulfide) groups is 1. The highest BCUT2D eigenvalue weighted by molar-refractivity contribution is 8.00. The van der Waals surface area contributed by atoms with E-state index in [1.54, 1.807) is 19.2 Å². The summed E-state index contributed by atoms with van der Waals surface area (Å²) in [6.07, 6.45) is 0. The molecule has 0 aliphatic carbocycles. The summed E-state index contributed by atoms with van der Waals surface area (Å²) >= 11 is 2.83. The van der Waals surface area contributed by atoms with E-state index in [4.69, 9.17) is 9.26 Å². The fourth-order valence-corrected chi connectivity index (χ4v) is 4.04. The number of benzene rings is 2. The number of hydrogen-bond donors (Lipinski definition) is 1. The molecule has 0 spiro atoms. The van der Waals surface area contributed by atoms with Crippen LogP contribution in [0, 0.1) is 10.1 Å². The first-order valence-electron chi connectivity index (χ1n) is 8.55. The highest BCUT2D eigenvalue weighted by Gasteiger charge is 2.13. The van der Waals surface area contributed by atoms with E-state index < -0.39 is 4.92 Å². The van der Waals surface area contributed by atoms with Crippen molar-refractivity contribution in [2.75, 3.05) is 12.4 Å². The van der Waals surface area contributed by atoms with E-state index in [1.807, 2.05) is 24.3 Å². The maximum atomic E-state index is 10.7. The second-order valence-electron chi connectivity index (χ2n) is 5.83. The fraction of sp³-hybridized carbons (Fsp3) is 0.111. The Bertz CT molecular complexity index is 1160. The average molecular weight is 442 g/mol. The summed E-state index contributed by atoms with van der Waals surface area (Å²) in [5, 5.41) is 26.8. The molecule has 0 aliphatic heterocycles. The molecule has 0 fully saturated rings. The molecule has 10 nitrogen and oxygen atoms in total. The highest BCUT2D eigenvalue weighted by Crippen LogP contribution is 2.30. The fourth-order valence-electron chi connectivity index (χ4n) is 2.43. The predicted molar refractivity (Wildman–Crippen MR) is 112 cm³/mol. The molecule has 0 saturated carbocycles. The van der Waals surface area contributed by atoms with Gasteiger partial charge in [-0.15, -0.1) is 10.2 Å².